The van der Waals surface area contributed by atoms with Gasteiger partial charge in [-0.05, 0) is 29.7 Å². The Morgan fingerprint density at radius 2 is 2.04 bits per heavy atom. The van der Waals surface area contributed by atoms with E-state index in [2.05, 4.69) is 11.4 Å². The monoisotopic (exact) mass is 324 g/mol. The lowest BCUT2D eigenvalue weighted by Crippen LogP contribution is -2.50. The normalized spacial score (nSPS) is 13.1. The van der Waals surface area contributed by atoms with Crippen LogP contribution in [0.4, 0.5) is 0 Å². The van der Waals surface area contributed by atoms with Crippen molar-refractivity contribution in [3.05, 3.63) is 42.0 Å². The zero-order valence-corrected chi connectivity index (χ0v) is 14.0. The molecule has 0 fully saturated rings. The number of nitriles is 1. The fraction of sp³-hybridized carbons (Fsp3) is 0.316. The zero-order chi connectivity index (χ0) is 17.7. The number of fused-ring (bicyclic) bond motifs is 1. The number of carbonyl (C=O) groups excluding carboxylic acids is 2. The lowest BCUT2D eigenvalue weighted by Gasteiger charge is -2.27. The van der Waals surface area contributed by atoms with Gasteiger partial charge in [0.15, 0.2) is 12.9 Å². The first kappa shape index (κ1) is 17.5. The number of ether oxygens (including phenoxy) is 1. The van der Waals surface area contributed by atoms with E-state index in [1.165, 1.54) is 0 Å². The third-order valence-corrected chi connectivity index (χ3v) is 4.19. The van der Waals surface area contributed by atoms with Crippen LogP contribution in [0.1, 0.15) is 31.1 Å². The van der Waals surface area contributed by atoms with Crippen molar-refractivity contribution >= 4 is 23.0 Å². The van der Waals surface area contributed by atoms with Crippen LogP contribution >= 0.6 is 0 Å². The van der Waals surface area contributed by atoms with Gasteiger partial charge in [0, 0.05) is 0 Å². The molecule has 2 aromatic carbocycles. The number of nitrogens with zero attached hydrogens (tertiary/aromatic N) is 1. The second kappa shape index (κ2) is 7.14. The van der Waals surface area contributed by atoms with Crippen LogP contribution in [-0.2, 0) is 4.79 Å². The Kier molecular flexibility index (Phi) is 5.20. The van der Waals surface area contributed by atoms with E-state index in [1.54, 1.807) is 13.0 Å². The fourth-order valence-electron chi connectivity index (χ4n) is 2.29. The SMILES string of the molecule is CC(C)[C@](C)(C#N)NC(=O)COc1ccc2ccccc2c1C=O. The molecule has 0 spiro atoms. The molecule has 0 saturated carbocycles. The lowest BCUT2D eigenvalue weighted by molar-refractivity contribution is -0.124. The highest BCUT2D eigenvalue weighted by molar-refractivity contribution is 6.00. The van der Waals surface area contributed by atoms with E-state index in [4.69, 9.17) is 4.74 Å². The fourth-order valence-corrected chi connectivity index (χ4v) is 2.29. The number of hydrogen-bond acceptors (Lipinski definition) is 4. The topological polar surface area (TPSA) is 79.2 Å². The summed E-state index contributed by atoms with van der Waals surface area (Å²) in [5.41, 5.74) is -0.551. The van der Waals surface area contributed by atoms with E-state index in [0.29, 0.717) is 11.3 Å². The number of nitrogens with one attached hydrogen (secondary N) is 1. The molecule has 0 aromatic heterocycles. The maximum absolute atomic E-state index is 12.1. The molecular formula is C19H20N2O3. The molecule has 0 saturated heterocycles. The van der Waals surface area contributed by atoms with Gasteiger partial charge in [-0.25, -0.2) is 0 Å². The summed E-state index contributed by atoms with van der Waals surface area (Å²) in [5, 5.41) is 13.6. The highest BCUT2D eigenvalue weighted by Crippen LogP contribution is 2.26. The first-order valence-corrected chi connectivity index (χ1v) is 7.73. The lowest BCUT2D eigenvalue weighted by atomic mass is 9.90. The molecule has 2 aromatic rings. The van der Waals surface area contributed by atoms with E-state index >= 15 is 0 Å². The van der Waals surface area contributed by atoms with Crippen LogP contribution in [0.5, 0.6) is 5.75 Å². The molecule has 1 amide bonds. The van der Waals surface area contributed by atoms with Gasteiger partial charge in [-0.2, -0.15) is 5.26 Å². The molecule has 24 heavy (non-hydrogen) atoms. The molecule has 0 unspecified atom stereocenters. The van der Waals surface area contributed by atoms with Crippen LogP contribution in [0.25, 0.3) is 10.8 Å². The molecule has 5 nitrogen and oxygen atoms in total. The van der Waals surface area contributed by atoms with Crippen molar-refractivity contribution in [2.75, 3.05) is 6.61 Å². The minimum absolute atomic E-state index is 0.0438. The number of rotatable bonds is 6. The third-order valence-electron chi connectivity index (χ3n) is 4.19. The summed E-state index contributed by atoms with van der Waals surface area (Å²) in [7, 11) is 0. The number of benzene rings is 2. The second-order valence-electron chi connectivity index (χ2n) is 6.12. The van der Waals surface area contributed by atoms with Gasteiger partial charge < -0.3 is 10.1 Å². The van der Waals surface area contributed by atoms with Crippen LogP contribution in [-0.4, -0.2) is 24.3 Å². The molecule has 0 radical (unpaired) electrons. The van der Waals surface area contributed by atoms with Crippen LogP contribution in [0.2, 0.25) is 0 Å². The number of hydrogen-bond donors (Lipinski definition) is 1. The summed E-state index contributed by atoms with van der Waals surface area (Å²) in [6.45, 7) is 5.13. The Bertz CT molecular complexity index is 808. The predicted octanol–water partition coefficient (Wildman–Crippen LogP) is 3.09. The van der Waals surface area contributed by atoms with E-state index < -0.39 is 11.4 Å². The van der Waals surface area contributed by atoms with Gasteiger partial charge in [-0.15, -0.1) is 0 Å². The predicted molar refractivity (Wildman–Crippen MR) is 91.8 cm³/mol. The second-order valence-corrected chi connectivity index (χ2v) is 6.12. The van der Waals surface area contributed by atoms with E-state index in [-0.39, 0.29) is 12.5 Å². The standard InChI is InChI=1S/C19H20N2O3/c1-13(2)19(3,12-20)21-18(23)11-24-17-9-8-14-6-4-5-7-15(14)16(17)10-22/h4-10,13H,11H2,1-3H3,(H,21,23)/t19-/m0/s1. The van der Waals surface area contributed by atoms with Gasteiger partial charge in [-0.3, -0.25) is 9.59 Å². The summed E-state index contributed by atoms with van der Waals surface area (Å²) in [4.78, 5) is 23.5. The Morgan fingerprint density at radius 3 is 2.67 bits per heavy atom. The molecule has 0 aliphatic rings. The Hall–Kier alpha value is -2.87. The Labute approximate surface area is 141 Å². The number of carbonyl (C=O) groups is 2. The molecule has 1 atom stereocenters. The molecule has 2 rings (SSSR count). The summed E-state index contributed by atoms with van der Waals surface area (Å²) in [6, 6.07) is 13.1. The molecule has 0 bridgehead atoms. The maximum Gasteiger partial charge on any atom is 0.259 e. The first-order chi connectivity index (χ1) is 11.4. The molecule has 0 heterocycles. The zero-order valence-electron chi connectivity index (χ0n) is 14.0. The number of amides is 1. The summed E-state index contributed by atoms with van der Waals surface area (Å²) < 4.78 is 5.52. The van der Waals surface area contributed by atoms with Gasteiger partial charge in [0.25, 0.3) is 5.91 Å². The smallest absolute Gasteiger partial charge is 0.259 e. The molecule has 5 heteroatoms. The van der Waals surface area contributed by atoms with Gasteiger partial charge in [0.1, 0.15) is 11.3 Å². The van der Waals surface area contributed by atoms with Crippen LogP contribution in [0.3, 0.4) is 0 Å². The summed E-state index contributed by atoms with van der Waals surface area (Å²) in [6.07, 6.45) is 0.725. The van der Waals surface area contributed by atoms with E-state index in [9.17, 15) is 14.9 Å². The average Bonchev–Trinajstić information content (AvgIpc) is 2.58. The van der Waals surface area contributed by atoms with Gasteiger partial charge in [0.05, 0.1) is 11.6 Å². The van der Waals surface area contributed by atoms with Gasteiger partial charge in [-0.1, -0.05) is 44.2 Å². The molecule has 124 valence electrons. The number of aldehydes is 1. The molecular weight excluding hydrogens is 304 g/mol. The van der Waals surface area contributed by atoms with Crippen LogP contribution < -0.4 is 10.1 Å². The average molecular weight is 324 g/mol. The quantitative estimate of drug-likeness (QED) is 0.828. The minimum atomic E-state index is -0.961. The van der Waals surface area contributed by atoms with Crippen LogP contribution in [0, 0.1) is 17.2 Å². The van der Waals surface area contributed by atoms with Crippen molar-refractivity contribution in [2.24, 2.45) is 5.92 Å². The first-order valence-electron chi connectivity index (χ1n) is 7.73. The van der Waals surface area contributed by atoms with E-state index in [1.807, 2.05) is 44.2 Å². The van der Waals surface area contributed by atoms with Gasteiger partial charge >= 0.3 is 0 Å². The van der Waals surface area contributed by atoms with Crippen molar-refractivity contribution < 1.29 is 14.3 Å². The van der Waals surface area contributed by atoms with Crippen molar-refractivity contribution in [2.45, 2.75) is 26.3 Å². The molecule has 1 N–H and O–H groups in total. The summed E-state index contributed by atoms with van der Waals surface area (Å²) in [5.74, 6) is -0.0996. The Morgan fingerprint density at radius 1 is 1.33 bits per heavy atom. The molecule has 0 aliphatic heterocycles. The van der Waals surface area contributed by atoms with Gasteiger partial charge in [0.2, 0.25) is 0 Å². The van der Waals surface area contributed by atoms with Crippen LogP contribution in [0.15, 0.2) is 36.4 Å². The van der Waals surface area contributed by atoms with Crippen molar-refractivity contribution in [3.8, 4) is 11.8 Å². The Balaban J connectivity index is 2.15. The molecule has 0 aliphatic carbocycles. The largest absolute Gasteiger partial charge is 0.483 e. The van der Waals surface area contributed by atoms with E-state index in [0.717, 1.165) is 17.1 Å². The minimum Gasteiger partial charge on any atom is -0.483 e. The van der Waals surface area contributed by atoms with Crippen molar-refractivity contribution in [1.82, 2.24) is 5.32 Å². The highest BCUT2D eigenvalue weighted by atomic mass is 16.5. The maximum atomic E-state index is 12.1. The third kappa shape index (κ3) is 3.54. The highest BCUT2D eigenvalue weighted by Gasteiger charge is 2.30. The summed E-state index contributed by atoms with van der Waals surface area (Å²) >= 11 is 0. The van der Waals surface area contributed by atoms with Crippen molar-refractivity contribution in [1.29, 1.82) is 5.26 Å². The van der Waals surface area contributed by atoms with Crippen molar-refractivity contribution in [3.63, 3.8) is 0 Å².